The van der Waals surface area contributed by atoms with Crippen molar-refractivity contribution in [1.29, 1.82) is 0 Å². The van der Waals surface area contributed by atoms with Gasteiger partial charge in [0.05, 0.1) is 12.4 Å². The lowest BCUT2D eigenvalue weighted by atomic mass is 9.77. The molecule has 0 aliphatic carbocycles. The highest BCUT2D eigenvalue weighted by Gasteiger charge is 2.29. The number of hydrogen-bond donors (Lipinski definition) is 5. The van der Waals surface area contributed by atoms with Gasteiger partial charge >= 0.3 is 7.12 Å². The van der Waals surface area contributed by atoms with Gasteiger partial charge in [0.15, 0.2) is 0 Å². The molecule has 2 atom stereocenters. The average molecular weight is 495 g/mol. The molecule has 0 aliphatic heterocycles. The predicted octanol–water partition coefficient (Wildman–Crippen LogP) is 2.40. The first-order chi connectivity index (χ1) is 16.9. The summed E-state index contributed by atoms with van der Waals surface area (Å²) in [6.07, 6.45) is 4.28. The zero-order valence-corrected chi connectivity index (χ0v) is 20.9. The Morgan fingerprint density at radius 1 is 0.971 bits per heavy atom. The van der Waals surface area contributed by atoms with Gasteiger partial charge in [0.1, 0.15) is 6.04 Å². The lowest BCUT2D eigenvalue weighted by Gasteiger charge is -2.23. The Bertz CT molecular complexity index is 1140. The van der Waals surface area contributed by atoms with E-state index < -0.39 is 25.0 Å². The van der Waals surface area contributed by atoms with E-state index in [1.165, 1.54) is 0 Å². The maximum atomic E-state index is 13.1. The Kier molecular flexibility index (Phi) is 10.4. The summed E-state index contributed by atoms with van der Waals surface area (Å²) in [6.45, 7) is 0.497. The van der Waals surface area contributed by atoms with Crippen molar-refractivity contribution in [2.45, 2.75) is 44.1 Å². The second kappa shape index (κ2) is 13.5. The van der Waals surface area contributed by atoms with Crippen LogP contribution in [0, 0.1) is 0 Å². The maximum absolute atomic E-state index is 13.1. The van der Waals surface area contributed by atoms with Crippen molar-refractivity contribution >= 4 is 52.2 Å². The first-order valence-electron chi connectivity index (χ1n) is 12.0. The zero-order chi connectivity index (χ0) is 25.2. The maximum Gasteiger partial charge on any atom is 0.475 e. The van der Waals surface area contributed by atoms with Crippen LogP contribution in [0.4, 0.5) is 0 Å². The van der Waals surface area contributed by atoms with Crippen LogP contribution >= 0.6 is 11.8 Å². The molecule has 0 spiro atoms. The third-order valence-electron chi connectivity index (χ3n) is 6.12. The standard InChI is InChI=1S/C26H34BN3O4S/c1-35-15-13-24(27(33)34)30-26(32)23(12-6-7-14-28)29-25(31)17-19-16-18-8-2-3-9-20(18)22-11-5-4-10-21(19)22/h2-5,8-11,16,23-24,33-34H,6-7,12-15,17,28H2,1H3,(H,29,31)(H,30,32)/t23-,24-/m0/s1. The van der Waals surface area contributed by atoms with Crippen molar-refractivity contribution in [2.24, 2.45) is 5.73 Å². The fraction of sp³-hybridized carbons (Fsp3) is 0.385. The molecule has 0 unspecified atom stereocenters. The number of amides is 2. The summed E-state index contributed by atoms with van der Waals surface area (Å²) in [7, 11) is -1.67. The van der Waals surface area contributed by atoms with Gasteiger partial charge in [-0.2, -0.15) is 11.8 Å². The fourth-order valence-corrected chi connectivity index (χ4v) is 4.77. The molecule has 3 aromatic carbocycles. The second-order valence-corrected chi connectivity index (χ2v) is 9.68. The minimum absolute atomic E-state index is 0.130. The molecule has 35 heavy (non-hydrogen) atoms. The Hall–Kier alpha value is -2.59. The molecule has 186 valence electrons. The van der Waals surface area contributed by atoms with E-state index in [1.54, 1.807) is 11.8 Å². The minimum Gasteiger partial charge on any atom is -0.426 e. The van der Waals surface area contributed by atoms with Gasteiger partial charge in [-0.1, -0.05) is 48.5 Å². The zero-order valence-electron chi connectivity index (χ0n) is 20.1. The molecule has 9 heteroatoms. The van der Waals surface area contributed by atoms with Crippen molar-refractivity contribution in [3.05, 3.63) is 60.2 Å². The van der Waals surface area contributed by atoms with Gasteiger partial charge in [0, 0.05) is 0 Å². The highest BCUT2D eigenvalue weighted by atomic mass is 32.2. The van der Waals surface area contributed by atoms with Gasteiger partial charge in [-0.3, -0.25) is 9.59 Å². The fourth-order valence-electron chi connectivity index (χ4n) is 4.28. The molecule has 7 nitrogen and oxygen atoms in total. The van der Waals surface area contributed by atoms with Crippen LogP contribution in [-0.4, -0.2) is 59.5 Å². The van der Waals surface area contributed by atoms with Gasteiger partial charge in [0.2, 0.25) is 11.8 Å². The number of unbranched alkanes of at least 4 members (excludes halogenated alkanes) is 1. The van der Waals surface area contributed by atoms with E-state index in [9.17, 15) is 19.6 Å². The first kappa shape index (κ1) is 27.0. The third kappa shape index (κ3) is 7.45. The lowest BCUT2D eigenvalue weighted by Crippen LogP contribution is -2.54. The normalized spacial score (nSPS) is 12.9. The molecule has 0 bridgehead atoms. The number of rotatable bonds is 13. The molecule has 0 saturated heterocycles. The summed E-state index contributed by atoms with van der Waals surface area (Å²) in [5, 5.41) is 29.2. The number of benzene rings is 3. The monoisotopic (exact) mass is 495 g/mol. The molecule has 3 rings (SSSR count). The Labute approximate surface area is 211 Å². The predicted molar refractivity (Wildman–Crippen MR) is 145 cm³/mol. The third-order valence-corrected chi connectivity index (χ3v) is 6.77. The van der Waals surface area contributed by atoms with Crippen LogP contribution in [0.15, 0.2) is 54.6 Å². The lowest BCUT2D eigenvalue weighted by molar-refractivity contribution is -0.129. The van der Waals surface area contributed by atoms with E-state index in [0.717, 1.165) is 33.5 Å². The number of hydrogen-bond acceptors (Lipinski definition) is 6. The van der Waals surface area contributed by atoms with Gasteiger partial charge < -0.3 is 26.4 Å². The molecular weight excluding hydrogens is 461 g/mol. The van der Waals surface area contributed by atoms with Crippen LogP contribution in [0.5, 0.6) is 0 Å². The van der Waals surface area contributed by atoms with E-state index in [0.29, 0.717) is 31.6 Å². The summed E-state index contributed by atoms with van der Waals surface area (Å²) in [5.41, 5.74) is 6.50. The number of nitrogens with two attached hydrogens (primary N) is 1. The van der Waals surface area contributed by atoms with E-state index in [1.807, 2.05) is 48.7 Å². The van der Waals surface area contributed by atoms with Crippen LogP contribution in [0.1, 0.15) is 31.2 Å². The number of fused-ring (bicyclic) bond motifs is 3. The Morgan fingerprint density at radius 2 is 1.66 bits per heavy atom. The summed E-state index contributed by atoms with van der Waals surface area (Å²) in [4.78, 5) is 26.1. The number of carbonyl (C=O) groups excluding carboxylic acids is 2. The largest absolute Gasteiger partial charge is 0.475 e. The van der Waals surface area contributed by atoms with Gasteiger partial charge in [-0.05, 0) is 77.4 Å². The van der Waals surface area contributed by atoms with E-state index in [4.69, 9.17) is 5.73 Å². The van der Waals surface area contributed by atoms with Crippen molar-refractivity contribution < 1.29 is 19.6 Å². The molecule has 0 heterocycles. The van der Waals surface area contributed by atoms with Crippen molar-refractivity contribution in [3.8, 4) is 0 Å². The van der Waals surface area contributed by atoms with Gasteiger partial charge in [-0.15, -0.1) is 0 Å². The number of thioether (sulfide) groups is 1. The molecule has 0 saturated carbocycles. The molecule has 6 N–H and O–H groups in total. The van der Waals surface area contributed by atoms with Crippen molar-refractivity contribution in [1.82, 2.24) is 10.6 Å². The molecule has 2 amide bonds. The van der Waals surface area contributed by atoms with E-state index in [2.05, 4.69) is 22.8 Å². The van der Waals surface area contributed by atoms with Crippen molar-refractivity contribution in [3.63, 3.8) is 0 Å². The van der Waals surface area contributed by atoms with E-state index in [-0.39, 0.29) is 12.3 Å². The highest BCUT2D eigenvalue weighted by Crippen LogP contribution is 2.29. The molecule has 0 fully saturated rings. The van der Waals surface area contributed by atoms with Crippen LogP contribution in [0.2, 0.25) is 0 Å². The SMILES string of the molecule is CSCC[C@H](NC(=O)[C@H](CCCCN)NC(=O)Cc1cc2ccccc2c2ccccc12)B(O)O. The first-order valence-corrected chi connectivity index (χ1v) is 13.4. The van der Waals surface area contributed by atoms with Crippen LogP contribution < -0.4 is 16.4 Å². The molecule has 3 aromatic rings. The average Bonchev–Trinajstić information content (AvgIpc) is 2.86. The van der Waals surface area contributed by atoms with Crippen LogP contribution in [-0.2, 0) is 16.0 Å². The van der Waals surface area contributed by atoms with Crippen molar-refractivity contribution in [2.75, 3.05) is 18.6 Å². The summed E-state index contributed by atoms with van der Waals surface area (Å²) < 4.78 is 0. The molecular formula is C26H34BN3O4S. The van der Waals surface area contributed by atoms with Gasteiger partial charge in [0.25, 0.3) is 0 Å². The van der Waals surface area contributed by atoms with Crippen LogP contribution in [0.25, 0.3) is 21.5 Å². The Morgan fingerprint density at radius 3 is 2.34 bits per heavy atom. The van der Waals surface area contributed by atoms with Crippen LogP contribution in [0.3, 0.4) is 0 Å². The molecule has 0 aliphatic rings. The topological polar surface area (TPSA) is 125 Å². The van der Waals surface area contributed by atoms with E-state index >= 15 is 0 Å². The van der Waals surface area contributed by atoms with Gasteiger partial charge in [-0.25, -0.2) is 0 Å². The smallest absolute Gasteiger partial charge is 0.426 e. The molecule has 0 aromatic heterocycles. The Balaban J connectivity index is 1.78. The number of carbonyl (C=O) groups is 2. The summed E-state index contributed by atoms with van der Waals surface area (Å²) in [5.74, 6) is -0.809. The quantitative estimate of drug-likeness (QED) is 0.141. The highest BCUT2D eigenvalue weighted by molar-refractivity contribution is 7.98. The minimum atomic E-state index is -1.67. The second-order valence-electron chi connectivity index (χ2n) is 8.69. The summed E-state index contributed by atoms with van der Waals surface area (Å²) in [6, 6.07) is 17.3. The summed E-state index contributed by atoms with van der Waals surface area (Å²) >= 11 is 1.56. The molecule has 0 radical (unpaired) electrons. The number of nitrogens with one attached hydrogen (secondary N) is 2.